The fourth-order valence-corrected chi connectivity index (χ4v) is 2.49. The second-order valence-electron chi connectivity index (χ2n) is 4.83. The maximum Gasteiger partial charge on any atom is 0.231 e. The van der Waals surface area contributed by atoms with E-state index in [0.29, 0.717) is 0 Å². The summed E-state index contributed by atoms with van der Waals surface area (Å²) in [7, 11) is 0. The lowest BCUT2D eigenvalue weighted by Gasteiger charge is -2.14. The summed E-state index contributed by atoms with van der Waals surface area (Å²) in [5, 5.41) is 3.60. The van der Waals surface area contributed by atoms with E-state index in [1.54, 1.807) is 0 Å². The van der Waals surface area contributed by atoms with Gasteiger partial charge >= 0.3 is 0 Å². The smallest absolute Gasteiger partial charge is 0.231 e. The largest absolute Gasteiger partial charge is 0.328 e. The van der Waals surface area contributed by atoms with Crippen LogP contribution < -0.4 is 11.1 Å². The topological polar surface area (TPSA) is 55.1 Å². The Morgan fingerprint density at radius 2 is 2.24 bits per heavy atom. The predicted molar refractivity (Wildman–Crippen MR) is 70.6 cm³/mol. The third-order valence-corrected chi connectivity index (χ3v) is 3.78. The normalized spacial score (nSPS) is 20.1. The van der Waals surface area contributed by atoms with Crippen molar-refractivity contribution in [3.8, 4) is 0 Å². The van der Waals surface area contributed by atoms with Gasteiger partial charge in [0.15, 0.2) is 0 Å². The molecule has 3 nitrogen and oxygen atoms in total. The van der Waals surface area contributed by atoms with Crippen molar-refractivity contribution in [3.05, 3.63) is 27.8 Å². The van der Waals surface area contributed by atoms with Crippen LogP contribution in [-0.2, 0) is 11.2 Å². The number of anilines is 1. The lowest BCUT2D eigenvalue weighted by molar-refractivity contribution is -0.116. The highest BCUT2D eigenvalue weighted by Gasteiger charge is 2.29. The molecule has 0 bridgehead atoms. The van der Waals surface area contributed by atoms with E-state index in [1.807, 2.05) is 26.8 Å². The lowest BCUT2D eigenvalue weighted by atomic mass is 9.95. The Balaban J connectivity index is 2.53. The number of halogens is 1. The zero-order valence-electron chi connectivity index (χ0n) is 10.3. The summed E-state index contributed by atoms with van der Waals surface area (Å²) >= 11 is 6.31. The standard InChI is InChI=1S/C13H17ClN2O/c1-6(15)4-9-5-10-7(2)13(17)16-12(10)8(3)11(9)14/h5-7H,4,15H2,1-3H3,(H,16,17). The fraction of sp³-hybridized carbons (Fsp3) is 0.462. The molecule has 0 radical (unpaired) electrons. The van der Waals surface area contributed by atoms with Gasteiger partial charge < -0.3 is 11.1 Å². The van der Waals surface area contributed by atoms with Crippen molar-refractivity contribution in [2.24, 2.45) is 5.73 Å². The summed E-state index contributed by atoms with van der Waals surface area (Å²) in [6, 6.07) is 2.07. The molecule has 2 rings (SSSR count). The number of carbonyl (C=O) groups excluding carboxylic acids is 1. The van der Waals surface area contributed by atoms with Crippen LogP contribution >= 0.6 is 11.6 Å². The summed E-state index contributed by atoms with van der Waals surface area (Å²) in [5.74, 6) is -0.0649. The second-order valence-corrected chi connectivity index (χ2v) is 5.21. The SMILES string of the molecule is Cc1c(Cl)c(CC(C)N)cc2c1NC(=O)C2C. The molecule has 1 aliphatic rings. The number of nitrogens with two attached hydrogens (primary N) is 1. The Hall–Kier alpha value is -1.06. The van der Waals surface area contributed by atoms with Crippen LogP contribution in [0, 0.1) is 6.92 Å². The van der Waals surface area contributed by atoms with Crippen LogP contribution in [0.3, 0.4) is 0 Å². The van der Waals surface area contributed by atoms with Crippen molar-refractivity contribution in [3.63, 3.8) is 0 Å². The van der Waals surface area contributed by atoms with E-state index < -0.39 is 0 Å². The first-order chi connectivity index (χ1) is 7.91. The van der Waals surface area contributed by atoms with Gasteiger partial charge in [0.1, 0.15) is 0 Å². The molecule has 0 aromatic heterocycles. The number of hydrogen-bond donors (Lipinski definition) is 2. The molecule has 0 saturated carbocycles. The predicted octanol–water partition coefficient (Wildman–Crippen LogP) is 2.59. The minimum absolute atomic E-state index is 0.0390. The zero-order chi connectivity index (χ0) is 12.7. The molecular formula is C13H17ClN2O. The van der Waals surface area contributed by atoms with E-state index in [0.717, 1.165) is 33.8 Å². The van der Waals surface area contributed by atoms with Gasteiger partial charge in [-0.05, 0) is 43.9 Å². The number of benzene rings is 1. The van der Waals surface area contributed by atoms with Gasteiger partial charge in [0.2, 0.25) is 5.91 Å². The zero-order valence-corrected chi connectivity index (χ0v) is 11.1. The highest BCUT2D eigenvalue weighted by Crippen LogP contribution is 2.40. The van der Waals surface area contributed by atoms with Gasteiger partial charge in [-0.25, -0.2) is 0 Å². The Morgan fingerprint density at radius 3 is 2.82 bits per heavy atom. The molecule has 92 valence electrons. The van der Waals surface area contributed by atoms with Crippen LogP contribution in [0.15, 0.2) is 6.07 Å². The molecule has 0 saturated heterocycles. The van der Waals surface area contributed by atoms with Crippen LogP contribution in [0.5, 0.6) is 0 Å². The van der Waals surface area contributed by atoms with Crippen molar-refractivity contribution in [2.45, 2.75) is 39.2 Å². The van der Waals surface area contributed by atoms with Crippen LogP contribution in [0.4, 0.5) is 5.69 Å². The molecule has 1 aromatic carbocycles. The molecule has 3 N–H and O–H groups in total. The number of hydrogen-bond acceptors (Lipinski definition) is 2. The van der Waals surface area contributed by atoms with Gasteiger partial charge in [0, 0.05) is 16.8 Å². The maximum atomic E-state index is 11.6. The summed E-state index contributed by atoms with van der Waals surface area (Å²) in [5.41, 5.74) is 9.69. The minimum Gasteiger partial charge on any atom is -0.328 e. The van der Waals surface area contributed by atoms with Crippen molar-refractivity contribution in [1.82, 2.24) is 0 Å². The molecule has 17 heavy (non-hydrogen) atoms. The third-order valence-electron chi connectivity index (χ3n) is 3.25. The van der Waals surface area contributed by atoms with Gasteiger partial charge in [-0.2, -0.15) is 0 Å². The van der Waals surface area contributed by atoms with Crippen LogP contribution in [0.25, 0.3) is 0 Å². The van der Waals surface area contributed by atoms with Gasteiger partial charge in [-0.15, -0.1) is 0 Å². The molecular weight excluding hydrogens is 236 g/mol. The fourth-order valence-electron chi connectivity index (χ4n) is 2.27. The molecule has 0 fully saturated rings. The first kappa shape index (κ1) is 12.4. The highest BCUT2D eigenvalue weighted by molar-refractivity contribution is 6.33. The molecule has 0 aliphatic carbocycles. The van der Waals surface area contributed by atoms with Gasteiger partial charge in [-0.1, -0.05) is 17.7 Å². The van der Waals surface area contributed by atoms with Gasteiger partial charge in [-0.3, -0.25) is 4.79 Å². The van der Waals surface area contributed by atoms with Gasteiger partial charge in [0.25, 0.3) is 0 Å². The lowest BCUT2D eigenvalue weighted by Crippen LogP contribution is -2.18. The third kappa shape index (κ3) is 2.05. The number of nitrogens with one attached hydrogen (secondary N) is 1. The average molecular weight is 253 g/mol. The maximum absolute atomic E-state index is 11.6. The van der Waals surface area contributed by atoms with E-state index in [4.69, 9.17) is 17.3 Å². The van der Waals surface area contributed by atoms with Crippen LogP contribution in [-0.4, -0.2) is 11.9 Å². The second kappa shape index (κ2) is 4.31. The highest BCUT2D eigenvalue weighted by atomic mass is 35.5. The van der Waals surface area contributed by atoms with E-state index in [9.17, 15) is 4.79 Å². The molecule has 2 atom stereocenters. The Bertz CT molecular complexity index is 483. The Labute approximate surface area is 106 Å². The molecule has 1 heterocycles. The Morgan fingerprint density at radius 1 is 1.59 bits per heavy atom. The summed E-state index contributed by atoms with van der Waals surface area (Å²) in [6.07, 6.45) is 0.730. The molecule has 1 aromatic rings. The van der Waals surface area contributed by atoms with E-state index >= 15 is 0 Å². The first-order valence-electron chi connectivity index (χ1n) is 5.80. The van der Waals surface area contributed by atoms with Crippen molar-refractivity contribution < 1.29 is 4.79 Å². The van der Waals surface area contributed by atoms with E-state index in [2.05, 4.69) is 5.32 Å². The molecule has 1 amide bonds. The average Bonchev–Trinajstić information content (AvgIpc) is 2.52. The van der Waals surface area contributed by atoms with E-state index in [-0.39, 0.29) is 17.9 Å². The first-order valence-corrected chi connectivity index (χ1v) is 6.18. The molecule has 2 unspecified atom stereocenters. The molecule has 4 heteroatoms. The quantitative estimate of drug-likeness (QED) is 0.850. The number of carbonyl (C=O) groups is 1. The number of fused-ring (bicyclic) bond motifs is 1. The Kier molecular flexibility index (Phi) is 3.15. The number of amides is 1. The van der Waals surface area contributed by atoms with Crippen LogP contribution in [0.1, 0.15) is 36.5 Å². The van der Waals surface area contributed by atoms with Crippen molar-refractivity contribution in [1.29, 1.82) is 0 Å². The molecule has 1 aliphatic heterocycles. The molecule has 0 spiro atoms. The monoisotopic (exact) mass is 252 g/mol. The van der Waals surface area contributed by atoms with Crippen molar-refractivity contribution in [2.75, 3.05) is 5.32 Å². The summed E-state index contributed by atoms with van der Waals surface area (Å²) in [4.78, 5) is 11.6. The van der Waals surface area contributed by atoms with Crippen molar-refractivity contribution >= 4 is 23.2 Å². The van der Waals surface area contributed by atoms with E-state index in [1.165, 1.54) is 0 Å². The number of rotatable bonds is 2. The van der Waals surface area contributed by atoms with Crippen LogP contribution in [0.2, 0.25) is 5.02 Å². The summed E-state index contributed by atoms with van der Waals surface area (Å²) < 4.78 is 0. The minimum atomic E-state index is -0.104. The summed E-state index contributed by atoms with van der Waals surface area (Å²) in [6.45, 7) is 5.79. The van der Waals surface area contributed by atoms with Gasteiger partial charge in [0.05, 0.1) is 5.92 Å².